The molecule has 6 nitrogen and oxygen atoms in total. The number of rotatable bonds is 5. The quantitative estimate of drug-likeness (QED) is 0.814. The number of nitrogens with one attached hydrogen (secondary N) is 1. The molecule has 1 aliphatic rings. The smallest absolute Gasteiger partial charge is 0.258 e. The van der Waals surface area contributed by atoms with Crippen molar-refractivity contribution in [3.63, 3.8) is 0 Å². The fraction of sp³-hybridized carbons (Fsp3) is 0.571. The van der Waals surface area contributed by atoms with Gasteiger partial charge in [0.15, 0.2) is 5.82 Å². The molecule has 2 heterocycles. The number of likely N-dealkylation sites (tertiary alicyclic amines) is 1. The average Bonchev–Trinajstić information content (AvgIpc) is 3.17. The number of hydrogen-bond donors (Lipinski definition) is 1. The van der Waals surface area contributed by atoms with Crippen LogP contribution in [0.2, 0.25) is 0 Å². The number of nitrogens with zero attached hydrogens (tertiary/aromatic N) is 3. The molecule has 0 spiro atoms. The van der Waals surface area contributed by atoms with Crippen molar-refractivity contribution in [2.75, 3.05) is 26.7 Å². The van der Waals surface area contributed by atoms with Crippen LogP contribution in [0.4, 0.5) is 0 Å². The van der Waals surface area contributed by atoms with Gasteiger partial charge in [-0.1, -0.05) is 38.1 Å². The van der Waals surface area contributed by atoms with Gasteiger partial charge in [-0.15, -0.1) is 12.4 Å². The van der Waals surface area contributed by atoms with Crippen LogP contribution in [-0.2, 0) is 5.41 Å². The van der Waals surface area contributed by atoms with Crippen LogP contribution in [0.3, 0.4) is 0 Å². The summed E-state index contributed by atoms with van der Waals surface area (Å²) >= 11 is 0. The van der Waals surface area contributed by atoms with Crippen LogP contribution in [0.1, 0.15) is 56.2 Å². The van der Waals surface area contributed by atoms with E-state index in [1.54, 1.807) is 0 Å². The molecule has 0 aliphatic carbocycles. The molecule has 0 bridgehead atoms. The highest BCUT2D eigenvalue weighted by Gasteiger charge is 2.27. The van der Waals surface area contributed by atoms with Gasteiger partial charge in [-0.05, 0) is 50.9 Å². The van der Waals surface area contributed by atoms with Crippen LogP contribution in [0.5, 0.6) is 0 Å². The third-order valence-corrected chi connectivity index (χ3v) is 5.19. The maximum absolute atomic E-state index is 13.1. The lowest BCUT2D eigenvalue weighted by atomic mass is 9.93. The van der Waals surface area contributed by atoms with Crippen molar-refractivity contribution in [3.8, 4) is 11.5 Å². The van der Waals surface area contributed by atoms with E-state index in [1.165, 1.54) is 6.42 Å². The van der Waals surface area contributed by atoms with Gasteiger partial charge in [0.05, 0.1) is 11.1 Å². The Balaban J connectivity index is 0.00000280. The number of benzene rings is 1. The highest BCUT2D eigenvalue weighted by molar-refractivity contribution is 6.00. The van der Waals surface area contributed by atoms with Crippen LogP contribution >= 0.6 is 12.4 Å². The summed E-state index contributed by atoms with van der Waals surface area (Å²) in [6.45, 7) is 8.76. The molecule has 1 N–H and O–H groups in total. The first-order valence-corrected chi connectivity index (χ1v) is 9.77. The molecule has 1 aliphatic heterocycles. The molecule has 2 aromatic rings. The number of piperidine rings is 1. The van der Waals surface area contributed by atoms with Crippen molar-refractivity contribution in [3.05, 3.63) is 35.7 Å². The molecule has 0 unspecified atom stereocenters. The van der Waals surface area contributed by atoms with E-state index in [2.05, 4.69) is 15.5 Å². The molecule has 154 valence electrons. The zero-order valence-electron chi connectivity index (χ0n) is 17.2. The molecule has 1 fully saturated rings. The Morgan fingerprint density at radius 1 is 1.25 bits per heavy atom. The lowest BCUT2D eigenvalue weighted by Gasteiger charge is -2.32. The number of hydrogen-bond acceptors (Lipinski definition) is 5. The highest BCUT2D eigenvalue weighted by Crippen LogP contribution is 2.28. The molecule has 1 amide bonds. The van der Waals surface area contributed by atoms with E-state index in [1.807, 2.05) is 57.0 Å². The van der Waals surface area contributed by atoms with Gasteiger partial charge in [-0.2, -0.15) is 4.98 Å². The standard InChI is InChI=1S/C21H30N4O2.ClH/c1-21(2,3)20-23-18(27-24-20)16-7-5-6-8-17(16)19(26)25-13-10-15(11-14-25)9-12-22-4;/h5-8,15,22H,9-14H2,1-4H3;1H. The van der Waals surface area contributed by atoms with Crippen LogP contribution in [0, 0.1) is 5.92 Å². The Morgan fingerprint density at radius 2 is 1.93 bits per heavy atom. The SMILES string of the molecule is CNCCC1CCN(C(=O)c2ccccc2-c2nc(C(C)(C)C)no2)CC1.Cl. The van der Waals surface area contributed by atoms with E-state index in [9.17, 15) is 4.79 Å². The molecule has 1 saturated heterocycles. The molecule has 0 radical (unpaired) electrons. The average molecular weight is 407 g/mol. The third kappa shape index (κ3) is 5.11. The second kappa shape index (κ2) is 9.52. The van der Waals surface area contributed by atoms with E-state index in [-0.39, 0.29) is 23.7 Å². The molecule has 0 atom stereocenters. The van der Waals surface area contributed by atoms with Crippen LogP contribution in [0.25, 0.3) is 11.5 Å². The lowest BCUT2D eigenvalue weighted by molar-refractivity contribution is 0.0687. The summed E-state index contributed by atoms with van der Waals surface area (Å²) in [6, 6.07) is 7.52. The predicted molar refractivity (Wildman–Crippen MR) is 113 cm³/mol. The number of aromatic nitrogens is 2. The molecule has 7 heteroatoms. The van der Waals surface area contributed by atoms with E-state index in [0.29, 0.717) is 28.8 Å². The Morgan fingerprint density at radius 3 is 2.54 bits per heavy atom. The van der Waals surface area contributed by atoms with E-state index in [0.717, 1.165) is 32.5 Å². The number of amides is 1. The Hall–Kier alpha value is -1.92. The summed E-state index contributed by atoms with van der Waals surface area (Å²) in [5.41, 5.74) is 1.15. The van der Waals surface area contributed by atoms with Gasteiger partial charge in [-0.3, -0.25) is 4.79 Å². The summed E-state index contributed by atoms with van der Waals surface area (Å²) in [5, 5.41) is 7.31. The molecule has 1 aromatic carbocycles. The first kappa shape index (κ1) is 22.4. The molecule has 1 aromatic heterocycles. The monoisotopic (exact) mass is 406 g/mol. The zero-order valence-corrected chi connectivity index (χ0v) is 18.0. The molecular formula is C21H31ClN4O2. The van der Waals surface area contributed by atoms with Crippen LogP contribution in [0.15, 0.2) is 28.8 Å². The Kier molecular flexibility index (Phi) is 7.61. The number of carbonyl (C=O) groups is 1. The molecule has 28 heavy (non-hydrogen) atoms. The topological polar surface area (TPSA) is 71.3 Å². The van der Waals surface area contributed by atoms with Gasteiger partial charge in [0, 0.05) is 18.5 Å². The van der Waals surface area contributed by atoms with E-state index >= 15 is 0 Å². The van der Waals surface area contributed by atoms with E-state index in [4.69, 9.17) is 4.52 Å². The highest BCUT2D eigenvalue weighted by atomic mass is 35.5. The minimum atomic E-state index is -0.198. The van der Waals surface area contributed by atoms with Crippen molar-refractivity contribution in [1.29, 1.82) is 0 Å². The Labute approximate surface area is 173 Å². The normalized spacial score (nSPS) is 15.4. The minimum Gasteiger partial charge on any atom is -0.339 e. The van der Waals surface area contributed by atoms with Gasteiger partial charge in [-0.25, -0.2) is 0 Å². The summed E-state index contributed by atoms with van der Waals surface area (Å²) < 4.78 is 5.48. The largest absolute Gasteiger partial charge is 0.339 e. The fourth-order valence-corrected chi connectivity index (χ4v) is 3.44. The number of carbonyl (C=O) groups excluding carboxylic acids is 1. The van der Waals surface area contributed by atoms with Gasteiger partial charge < -0.3 is 14.7 Å². The number of halogens is 1. The Bertz CT molecular complexity index is 777. The molecule has 3 rings (SSSR count). The van der Waals surface area contributed by atoms with Gasteiger partial charge in [0.25, 0.3) is 11.8 Å². The van der Waals surface area contributed by atoms with Crippen LogP contribution < -0.4 is 5.32 Å². The van der Waals surface area contributed by atoms with Gasteiger partial charge in [0.2, 0.25) is 0 Å². The van der Waals surface area contributed by atoms with Gasteiger partial charge >= 0.3 is 0 Å². The second-order valence-electron chi connectivity index (χ2n) is 8.35. The van der Waals surface area contributed by atoms with Crippen molar-refractivity contribution < 1.29 is 9.32 Å². The molecular weight excluding hydrogens is 376 g/mol. The summed E-state index contributed by atoms with van der Waals surface area (Å²) in [5.74, 6) is 1.80. The van der Waals surface area contributed by atoms with Crippen LogP contribution in [-0.4, -0.2) is 47.6 Å². The van der Waals surface area contributed by atoms with Crippen molar-refractivity contribution in [1.82, 2.24) is 20.4 Å². The maximum Gasteiger partial charge on any atom is 0.258 e. The maximum atomic E-state index is 13.1. The summed E-state index contributed by atoms with van der Waals surface area (Å²) in [6.07, 6.45) is 3.29. The third-order valence-electron chi connectivity index (χ3n) is 5.19. The summed E-state index contributed by atoms with van der Waals surface area (Å²) in [7, 11) is 1.98. The molecule has 0 saturated carbocycles. The lowest BCUT2D eigenvalue weighted by Crippen LogP contribution is -2.39. The van der Waals surface area contributed by atoms with Crippen molar-refractivity contribution in [2.24, 2.45) is 5.92 Å². The second-order valence-corrected chi connectivity index (χ2v) is 8.35. The zero-order chi connectivity index (χ0) is 19.4. The predicted octanol–water partition coefficient (Wildman–Crippen LogP) is 3.92. The first-order valence-electron chi connectivity index (χ1n) is 9.77. The van der Waals surface area contributed by atoms with Gasteiger partial charge in [0.1, 0.15) is 0 Å². The van der Waals surface area contributed by atoms with Crippen molar-refractivity contribution in [2.45, 2.75) is 45.4 Å². The minimum absolute atomic E-state index is 0. The first-order chi connectivity index (χ1) is 12.9. The summed E-state index contributed by atoms with van der Waals surface area (Å²) in [4.78, 5) is 19.6. The van der Waals surface area contributed by atoms with E-state index < -0.39 is 0 Å². The van der Waals surface area contributed by atoms with Crippen molar-refractivity contribution >= 4 is 18.3 Å². The fourth-order valence-electron chi connectivity index (χ4n) is 3.44.